The van der Waals surface area contributed by atoms with E-state index in [4.69, 9.17) is 5.73 Å². The zero-order valence-corrected chi connectivity index (χ0v) is 9.45. The van der Waals surface area contributed by atoms with Gasteiger partial charge in [-0.15, -0.1) is 0 Å². The first-order valence-corrected chi connectivity index (χ1v) is 6.23. The molecule has 0 saturated heterocycles. The average molecular weight is 219 g/mol. The van der Waals surface area contributed by atoms with Gasteiger partial charge in [-0.25, -0.2) is 4.39 Å². The van der Waals surface area contributed by atoms with Crippen molar-refractivity contribution < 1.29 is 4.39 Å². The molecule has 16 heavy (non-hydrogen) atoms. The zero-order chi connectivity index (χ0) is 11.2. The summed E-state index contributed by atoms with van der Waals surface area (Å²) in [5, 5.41) is 0. The van der Waals surface area contributed by atoms with Crippen molar-refractivity contribution >= 4 is 0 Å². The molecule has 2 heteroatoms. The van der Waals surface area contributed by atoms with Crippen LogP contribution in [0.1, 0.15) is 31.2 Å². The molecule has 0 heterocycles. The normalized spacial score (nSPS) is 36.9. The van der Waals surface area contributed by atoms with E-state index in [-0.39, 0.29) is 11.4 Å². The summed E-state index contributed by atoms with van der Waals surface area (Å²) < 4.78 is 12.8. The lowest BCUT2D eigenvalue weighted by Gasteiger charge is -2.11. The molecule has 0 aliphatic heterocycles. The van der Waals surface area contributed by atoms with E-state index in [2.05, 4.69) is 0 Å². The largest absolute Gasteiger partial charge is 0.324 e. The highest BCUT2D eigenvalue weighted by molar-refractivity contribution is 5.26. The van der Waals surface area contributed by atoms with Gasteiger partial charge in [-0.05, 0) is 48.8 Å². The first-order valence-electron chi connectivity index (χ1n) is 6.23. The molecule has 2 atom stereocenters. The zero-order valence-electron chi connectivity index (χ0n) is 9.45. The molecule has 0 radical (unpaired) electrons. The number of fused-ring (bicyclic) bond motifs is 1. The maximum absolute atomic E-state index is 12.8. The molecular weight excluding hydrogens is 201 g/mol. The van der Waals surface area contributed by atoms with Gasteiger partial charge in [-0.3, -0.25) is 0 Å². The molecule has 2 N–H and O–H groups in total. The van der Waals surface area contributed by atoms with Gasteiger partial charge in [0.05, 0.1) is 0 Å². The molecule has 0 amide bonds. The number of nitrogens with two attached hydrogens (primary N) is 1. The number of hydrogen-bond donors (Lipinski definition) is 1. The highest BCUT2D eigenvalue weighted by Crippen LogP contribution is 2.58. The van der Waals surface area contributed by atoms with Crippen LogP contribution < -0.4 is 5.73 Å². The Hall–Kier alpha value is -0.890. The number of halogens is 1. The Labute approximate surface area is 95.8 Å². The Morgan fingerprint density at radius 1 is 1.12 bits per heavy atom. The van der Waals surface area contributed by atoms with Crippen LogP contribution in [0.15, 0.2) is 24.3 Å². The van der Waals surface area contributed by atoms with E-state index in [0.29, 0.717) is 0 Å². The summed E-state index contributed by atoms with van der Waals surface area (Å²) in [6, 6.07) is 6.80. The fourth-order valence-corrected chi connectivity index (χ4v) is 3.52. The Morgan fingerprint density at radius 3 is 2.25 bits per heavy atom. The summed E-state index contributed by atoms with van der Waals surface area (Å²) in [7, 11) is 0. The molecule has 2 aliphatic carbocycles. The molecule has 3 rings (SSSR count). The number of rotatable bonds is 2. The van der Waals surface area contributed by atoms with Crippen LogP contribution in [0.2, 0.25) is 0 Å². The van der Waals surface area contributed by atoms with Crippen LogP contribution in [-0.2, 0) is 6.42 Å². The fourth-order valence-electron chi connectivity index (χ4n) is 3.52. The Kier molecular flexibility index (Phi) is 2.28. The molecule has 1 aromatic carbocycles. The van der Waals surface area contributed by atoms with Crippen molar-refractivity contribution in [1.82, 2.24) is 0 Å². The third-order valence-corrected chi connectivity index (χ3v) is 4.46. The molecule has 2 saturated carbocycles. The highest BCUT2D eigenvalue weighted by Gasteiger charge is 2.61. The molecule has 2 aliphatic rings. The summed E-state index contributed by atoms with van der Waals surface area (Å²) in [5.74, 6) is 1.29. The van der Waals surface area contributed by atoms with Crippen LogP contribution in [-0.4, -0.2) is 5.54 Å². The quantitative estimate of drug-likeness (QED) is 0.813. The van der Waals surface area contributed by atoms with Gasteiger partial charge in [-0.2, -0.15) is 0 Å². The summed E-state index contributed by atoms with van der Waals surface area (Å²) >= 11 is 0. The lowest BCUT2D eigenvalue weighted by Crippen LogP contribution is -2.29. The van der Waals surface area contributed by atoms with Gasteiger partial charge in [0.2, 0.25) is 0 Å². The van der Waals surface area contributed by atoms with Gasteiger partial charge in [0, 0.05) is 5.54 Å². The minimum Gasteiger partial charge on any atom is -0.324 e. The Balaban J connectivity index is 1.73. The molecule has 1 aromatic rings. The summed E-state index contributed by atoms with van der Waals surface area (Å²) in [4.78, 5) is 0. The van der Waals surface area contributed by atoms with Crippen molar-refractivity contribution in [3.05, 3.63) is 35.6 Å². The standard InChI is InChI=1S/C14H18FN/c15-11-7-5-10(6-8-11)9-14(16)12-3-1-2-4-13(12)14/h5-8,12-13H,1-4,9,16H2. The molecule has 2 unspecified atom stereocenters. The van der Waals surface area contributed by atoms with E-state index in [1.165, 1.54) is 43.4 Å². The molecular formula is C14H18FN. The van der Waals surface area contributed by atoms with Gasteiger partial charge < -0.3 is 5.73 Å². The first kappa shape index (κ1) is 10.3. The molecule has 0 spiro atoms. The number of benzene rings is 1. The second-order valence-electron chi connectivity index (χ2n) is 5.41. The topological polar surface area (TPSA) is 26.0 Å². The van der Waals surface area contributed by atoms with Crippen LogP contribution in [0, 0.1) is 17.7 Å². The Bertz CT molecular complexity index is 372. The van der Waals surface area contributed by atoms with E-state index in [1.807, 2.05) is 12.1 Å². The first-order chi connectivity index (χ1) is 7.70. The van der Waals surface area contributed by atoms with Crippen molar-refractivity contribution in [3.63, 3.8) is 0 Å². The van der Waals surface area contributed by atoms with Crippen molar-refractivity contribution in [2.24, 2.45) is 17.6 Å². The van der Waals surface area contributed by atoms with Crippen LogP contribution in [0.25, 0.3) is 0 Å². The van der Waals surface area contributed by atoms with Crippen molar-refractivity contribution in [2.75, 3.05) is 0 Å². The van der Waals surface area contributed by atoms with E-state index >= 15 is 0 Å². The van der Waals surface area contributed by atoms with Gasteiger partial charge in [0.1, 0.15) is 5.82 Å². The third-order valence-electron chi connectivity index (χ3n) is 4.46. The summed E-state index contributed by atoms with van der Waals surface area (Å²) in [5.41, 5.74) is 7.67. The molecule has 86 valence electrons. The maximum Gasteiger partial charge on any atom is 0.123 e. The van der Waals surface area contributed by atoms with E-state index < -0.39 is 0 Å². The predicted octanol–water partition coefficient (Wildman–Crippen LogP) is 2.89. The Morgan fingerprint density at radius 2 is 1.69 bits per heavy atom. The van der Waals surface area contributed by atoms with Crippen LogP contribution in [0.5, 0.6) is 0 Å². The van der Waals surface area contributed by atoms with E-state index in [0.717, 1.165) is 18.3 Å². The monoisotopic (exact) mass is 219 g/mol. The van der Waals surface area contributed by atoms with Crippen molar-refractivity contribution in [2.45, 2.75) is 37.6 Å². The molecule has 2 fully saturated rings. The summed E-state index contributed by atoms with van der Waals surface area (Å²) in [6.07, 6.45) is 6.18. The molecule has 0 bridgehead atoms. The molecule has 1 nitrogen and oxygen atoms in total. The van der Waals surface area contributed by atoms with Gasteiger partial charge in [0.15, 0.2) is 0 Å². The number of hydrogen-bond acceptors (Lipinski definition) is 1. The lowest BCUT2D eigenvalue weighted by atomic mass is 10.0. The predicted molar refractivity (Wildman–Crippen MR) is 62.5 cm³/mol. The van der Waals surface area contributed by atoms with Gasteiger partial charge in [-0.1, -0.05) is 25.0 Å². The highest BCUT2D eigenvalue weighted by atomic mass is 19.1. The second kappa shape index (κ2) is 3.56. The molecule has 0 aromatic heterocycles. The van der Waals surface area contributed by atoms with Crippen LogP contribution in [0.3, 0.4) is 0 Å². The minimum atomic E-state index is -0.164. The van der Waals surface area contributed by atoms with Crippen LogP contribution >= 0.6 is 0 Å². The lowest BCUT2D eigenvalue weighted by molar-refractivity contribution is 0.480. The second-order valence-corrected chi connectivity index (χ2v) is 5.41. The third kappa shape index (κ3) is 1.56. The van der Waals surface area contributed by atoms with Gasteiger partial charge >= 0.3 is 0 Å². The van der Waals surface area contributed by atoms with Gasteiger partial charge in [0.25, 0.3) is 0 Å². The maximum atomic E-state index is 12.8. The average Bonchev–Trinajstić information content (AvgIpc) is 2.89. The minimum absolute atomic E-state index is 0.0222. The SMILES string of the molecule is NC1(Cc2ccc(F)cc2)C2CCCCC21. The van der Waals surface area contributed by atoms with E-state index in [9.17, 15) is 4.39 Å². The van der Waals surface area contributed by atoms with Crippen LogP contribution in [0.4, 0.5) is 4.39 Å². The smallest absolute Gasteiger partial charge is 0.123 e. The summed E-state index contributed by atoms with van der Waals surface area (Å²) in [6.45, 7) is 0. The van der Waals surface area contributed by atoms with E-state index in [1.54, 1.807) is 0 Å². The van der Waals surface area contributed by atoms with Crippen molar-refractivity contribution in [1.29, 1.82) is 0 Å². The fraction of sp³-hybridized carbons (Fsp3) is 0.571. The van der Waals surface area contributed by atoms with Crippen molar-refractivity contribution in [3.8, 4) is 0 Å².